The molecule has 146 valence electrons. The fraction of sp³-hybridized carbons (Fsp3) is 0.176. The van der Waals surface area contributed by atoms with Crippen LogP contribution in [0.2, 0.25) is 0 Å². The molecule has 0 amide bonds. The highest BCUT2D eigenvalue weighted by Gasteiger charge is 2.18. The molecule has 0 fully saturated rings. The average molecular weight is 408 g/mol. The van der Waals surface area contributed by atoms with E-state index < -0.39 is 12.6 Å². The summed E-state index contributed by atoms with van der Waals surface area (Å²) < 4.78 is 36.3. The summed E-state index contributed by atoms with van der Waals surface area (Å²) in [5.74, 6) is -0.429. The van der Waals surface area contributed by atoms with Crippen molar-refractivity contribution in [1.29, 1.82) is 0 Å². The summed E-state index contributed by atoms with van der Waals surface area (Å²) in [5, 5.41) is 21.4. The normalized spacial score (nSPS) is 11.4. The Labute approximate surface area is 161 Å². The first-order valence-corrected chi connectivity index (χ1v) is 8.87. The second kappa shape index (κ2) is 8.65. The molecule has 0 unspecified atom stereocenters. The number of alkyl halides is 2. The van der Waals surface area contributed by atoms with Crippen molar-refractivity contribution < 1.29 is 27.8 Å². The minimum atomic E-state index is -2.98. The van der Waals surface area contributed by atoms with Gasteiger partial charge in [-0.25, -0.2) is 0 Å². The number of hydrogen-bond acceptors (Lipinski definition) is 7. The Balaban J connectivity index is 2.00. The summed E-state index contributed by atoms with van der Waals surface area (Å²) >= 11 is 0.923. The first-order chi connectivity index (χ1) is 13.5. The van der Waals surface area contributed by atoms with E-state index in [9.17, 15) is 13.6 Å². The molecule has 0 bridgehead atoms. The Bertz CT molecular complexity index is 1000. The Kier molecular flexibility index (Phi) is 6.04. The molecule has 0 saturated heterocycles. The van der Waals surface area contributed by atoms with Gasteiger partial charge in [-0.3, -0.25) is 4.79 Å². The zero-order valence-corrected chi connectivity index (χ0v) is 15.3. The number of aryl methyl sites for hydroxylation is 1. The number of nitrogens with zero attached hydrogens (tertiary/aromatic N) is 4. The van der Waals surface area contributed by atoms with E-state index in [1.807, 2.05) is 0 Å². The van der Waals surface area contributed by atoms with Crippen molar-refractivity contribution >= 4 is 23.9 Å². The Morgan fingerprint density at radius 1 is 1.39 bits per heavy atom. The molecule has 1 aromatic carbocycles. The molecule has 28 heavy (non-hydrogen) atoms. The molecule has 0 spiro atoms. The molecule has 2 aromatic heterocycles. The lowest BCUT2D eigenvalue weighted by Crippen LogP contribution is -2.05. The van der Waals surface area contributed by atoms with Crippen LogP contribution in [0.4, 0.5) is 8.78 Å². The zero-order chi connectivity index (χ0) is 20.1. The van der Waals surface area contributed by atoms with E-state index in [1.54, 1.807) is 31.2 Å². The van der Waals surface area contributed by atoms with Crippen molar-refractivity contribution in [1.82, 2.24) is 14.9 Å². The standard InChI is InChI=1S/C17H14F2N4O4S/c1-10-12(6-7-26-10)15-21-22-17(28-9-14(24)25)23(15)20-8-11-4-2-3-5-13(11)27-16(18)19/h2-8,16H,9H2,1H3,(H,24,25)/b20-8-. The molecule has 8 nitrogen and oxygen atoms in total. The molecule has 3 rings (SSSR count). The predicted molar refractivity (Wildman–Crippen MR) is 96.9 cm³/mol. The number of rotatable bonds is 8. The lowest BCUT2D eigenvalue weighted by atomic mass is 10.2. The number of halogens is 2. The van der Waals surface area contributed by atoms with Crippen molar-refractivity contribution in [2.45, 2.75) is 18.7 Å². The summed E-state index contributed by atoms with van der Waals surface area (Å²) in [6.45, 7) is -1.25. The fourth-order valence-electron chi connectivity index (χ4n) is 2.28. The summed E-state index contributed by atoms with van der Waals surface area (Å²) in [4.78, 5) is 10.9. The fourth-order valence-corrected chi connectivity index (χ4v) is 2.89. The third kappa shape index (κ3) is 4.55. The van der Waals surface area contributed by atoms with Crippen molar-refractivity contribution in [2.24, 2.45) is 5.10 Å². The van der Waals surface area contributed by atoms with Gasteiger partial charge in [-0.05, 0) is 25.1 Å². The molecule has 3 aromatic rings. The molecule has 0 aliphatic heterocycles. The minimum Gasteiger partial charge on any atom is -0.481 e. The number of aromatic nitrogens is 3. The molecule has 0 aliphatic rings. The molecule has 0 atom stereocenters. The molecular weight excluding hydrogens is 394 g/mol. The van der Waals surface area contributed by atoms with Crippen LogP contribution in [0.5, 0.6) is 5.75 Å². The van der Waals surface area contributed by atoms with E-state index in [-0.39, 0.29) is 16.7 Å². The van der Waals surface area contributed by atoms with Gasteiger partial charge in [0.1, 0.15) is 11.5 Å². The van der Waals surface area contributed by atoms with Crippen LogP contribution in [-0.2, 0) is 4.79 Å². The highest BCUT2D eigenvalue weighted by Crippen LogP contribution is 2.27. The van der Waals surface area contributed by atoms with Crippen molar-refractivity contribution in [3.8, 4) is 17.1 Å². The van der Waals surface area contributed by atoms with Crippen molar-refractivity contribution in [2.75, 3.05) is 5.75 Å². The predicted octanol–water partition coefficient (Wildman–Crippen LogP) is 3.51. The van der Waals surface area contributed by atoms with Crippen LogP contribution in [0.25, 0.3) is 11.4 Å². The van der Waals surface area contributed by atoms with Gasteiger partial charge >= 0.3 is 12.6 Å². The van der Waals surface area contributed by atoms with Gasteiger partial charge in [-0.1, -0.05) is 23.9 Å². The van der Waals surface area contributed by atoms with E-state index >= 15 is 0 Å². The number of benzene rings is 1. The van der Waals surface area contributed by atoms with E-state index in [0.717, 1.165) is 11.8 Å². The third-order valence-electron chi connectivity index (χ3n) is 3.48. The smallest absolute Gasteiger partial charge is 0.387 e. The summed E-state index contributed by atoms with van der Waals surface area (Å²) in [7, 11) is 0. The second-order valence-electron chi connectivity index (χ2n) is 5.35. The molecule has 1 N–H and O–H groups in total. The van der Waals surface area contributed by atoms with Crippen LogP contribution >= 0.6 is 11.8 Å². The maximum atomic E-state index is 12.6. The first kappa shape index (κ1) is 19.5. The first-order valence-electron chi connectivity index (χ1n) is 7.88. The van der Waals surface area contributed by atoms with Gasteiger partial charge in [0.2, 0.25) is 5.16 Å². The number of para-hydroxylation sites is 1. The van der Waals surface area contributed by atoms with E-state index in [4.69, 9.17) is 9.52 Å². The van der Waals surface area contributed by atoms with Gasteiger partial charge in [-0.15, -0.1) is 10.2 Å². The highest BCUT2D eigenvalue weighted by molar-refractivity contribution is 7.99. The van der Waals surface area contributed by atoms with Gasteiger partial charge in [0, 0.05) is 5.56 Å². The zero-order valence-electron chi connectivity index (χ0n) is 14.5. The minimum absolute atomic E-state index is 0.0462. The summed E-state index contributed by atoms with van der Waals surface area (Å²) in [6, 6.07) is 7.82. The van der Waals surface area contributed by atoms with Gasteiger partial charge in [0.15, 0.2) is 5.82 Å². The average Bonchev–Trinajstić information content (AvgIpc) is 3.24. The van der Waals surface area contributed by atoms with Crippen molar-refractivity contribution in [3.63, 3.8) is 0 Å². The molecule has 0 radical (unpaired) electrons. The Morgan fingerprint density at radius 3 is 2.86 bits per heavy atom. The number of hydrogen-bond donors (Lipinski definition) is 1. The monoisotopic (exact) mass is 408 g/mol. The maximum absolute atomic E-state index is 12.6. The van der Waals surface area contributed by atoms with Crippen LogP contribution in [0, 0.1) is 6.92 Å². The maximum Gasteiger partial charge on any atom is 0.387 e. The SMILES string of the molecule is Cc1occc1-c1nnc(SCC(=O)O)n1/N=C\c1ccccc1OC(F)F. The second-order valence-corrected chi connectivity index (χ2v) is 6.29. The van der Waals surface area contributed by atoms with Crippen LogP contribution in [-0.4, -0.2) is 44.5 Å². The number of furan rings is 1. The molecular formula is C17H14F2N4O4S. The summed E-state index contributed by atoms with van der Waals surface area (Å²) in [6.07, 6.45) is 2.79. The molecule has 11 heteroatoms. The largest absolute Gasteiger partial charge is 0.481 e. The number of carboxylic acid groups (broad SMARTS) is 1. The molecule has 0 saturated carbocycles. The topological polar surface area (TPSA) is 103 Å². The lowest BCUT2D eigenvalue weighted by Gasteiger charge is -2.07. The number of aliphatic carboxylic acids is 1. The van der Waals surface area contributed by atoms with Gasteiger partial charge in [-0.2, -0.15) is 18.6 Å². The highest BCUT2D eigenvalue weighted by atomic mass is 32.2. The van der Waals surface area contributed by atoms with Crippen LogP contribution in [0.15, 0.2) is 51.3 Å². The third-order valence-corrected chi connectivity index (χ3v) is 4.39. The molecule has 2 heterocycles. The van der Waals surface area contributed by atoms with Gasteiger partial charge in [0.25, 0.3) is 0 Å². The van der Waals surface area contributed by atoms with E-state index in [1.165, 1.54) is 23.2 Å². The van der Waals surface area contributed by atoms with E-state index in [0.29, 0.717) is 22.7 Å². The number of thioether (sulfide) groups is 1. The van der Waals surface area contributed by atoms with Gasteiger partial charge in [0.05, 0.1) is 23.8 Å². The number of carbonyl (C=O) groups is 1. The quantitative estimate of drug-likeness (QED) is 0.449. The van der Waals surface area contributed by atoms with Crippen LogP contribution in [0.3, 0.4) is 0 Å². The Morgan fingerprint density at radius 2 is 2.18 bits per heavy atom. The van der Waals surface area contributed by atoms with Crippen LogP contribution in [0.1, 0.15) is 11.3 Å². The van der Waals surface area contributed by atoms with Crippen molar-refractivity contribution in [3.05, 3.63) is 47.9 Å². The van der Waals surface area contributed by atoms with Gasteiger partial charge < -0.3 is 14.3 Å². The number of ether oxygens (including phenoxy) is 1. The lowest BCUT2D eigenvalue weighted by molar-refractivity contribution is -0.133. The Hall–Kier alpha value is -3.21. The summed E-state index contributed by atoms with van der Waals surface area (Å²) in [5.41, 5.74) is 0.921. The number of carboxylic acids is 1. The van der Waals surface area contributed by atoms with Crippen LogP contribution < -0.4 is 4.74 Å². The van der Waals surface area contributed by atoms with E-state index in [2.05, 4.69) is 20.0 Å². The molecule has 0 aliphatic carbocycles.